The van der Waals surface area contributed by atoms with E-state index in [1.165, 1.54) is 64.3 Å². The van der Waals surface area contributed by atoms with Gasteiger partial charge in [0.1, 0.15) is 0 Å². The smallest absolute Gasteiger partial charge is 0.0158 e. The summed E-state index contributed by atoms with van der Waals surface area (Å²) in [4.78, 5) is 2.84. The van der Waals surface area contributed by atoms with Crippen LogP contribution in [-0.2, 0) is 0 Å². The molecular formula is C16H32N2. The normalized spacial score (nSPS) is 31.2. The molecule has 0 aromatic heterocycles. The van der Waals surface area contributed by atoms with E-state index in [1.807, 2.05) is 0 Å². The highest BCUT2D eigenvalue weighted by Crippen LogP contribution is 2.37. The maximum absolute atomic E-state index is 5.73. The van der Waals surface area contributed by atoms with Gasteiger partial charge in [0.25, 0.3) is 0 Å². The van der Waals surface area contributed by atoms with Crippen LogP contribution in [0.2, 0.25) is 0 Å². The van der Waals surface area contributed by atoms with E-state index in [-0.39, 0.29) is 0 Å². The molecule has 2 nitrogen and oxygen atoms in total. The Morgan fingerprint density at radius 1 is 1.06 bits per heavy atom. The van der Waals surface area contributed by atoms with Crippen LogP contribution in [0.1, 0.15) is 71.6 Å². The lowest BCUT2D eigenvalue weighted by Crippen LogP contribution is -2.54. The van der Waals surface area contributed by atoms with E-state index < -0.39 is 0 Å². The first-order chi connectivity index (χ1) is 8.63. The zero-order chi connectivity index (χ0) is 13.0. The Kier molecular flexibility index (Phi) is 5.08. The van der Waals surface area contributed by atoms with Gasteiger partial charge in [-0.1, -0.05) is 25.7 Å². The molecule has 2 N–H and O–H groups in total. The van der Waals surface area contributed by atoms with E-state index in [0.717, 1.165) is 18.5 Å². The standard InChI is InChI=1S/C16H32N2/c1-16(2)13-14(9-11-17)10-12-18(16)15-7-5-3-4-6-8-15/h14-15H,3-13,17H2,1-2H3. The molecule has 0 spiro atoms. The lowest BCUT2D eigenvalue weighted by molar-refractivity contribution is 0.00246. The number of piperidine rings is 1. The van der Waals surface area contributed by atoms with Crippen molar-refractivity contribution in [2.45, 2.75) is 83.2 Å². The average Bonchev–Trinajstić information content (AvgIpc) is 2.57. The number of rotatable bonds is 3. The summed E-state index contributed by atoms with van der Waals surface area (Å²) in [5.41, 5.74) is 6.13. The molecule has 2 heteroatoms. The maximum atomic E-state index is 5.73. The van der Waals surface area contributed by atoms with Crippen molar-refractivity contribution >= 4 is 0 Å². The number of hydrogen-bond acceptors (Lipinski definition) is 2. The summed E-state index contributed by atoms with van der Waals surface area (Å²) < 4.78 is 0. The summed E-state index contributed by atoms with van der Waals surface area (Å²) in [6, 6.07) is 0.862. The third kappa shape index (κ3) is 3.48. The van der Waals surface area contributed by atoms with Crippen LogP contribution in [0.5, 0.6) is 0 Å². The molecular weight excluding hydrogens is 220 g/mol. The van der Waals surface area contributed by atoms with E-state index in [1.54, 1.807) is 0 Å². The van der Waals surface area contributed by atoms with Gasteiger partial charge in [-0.2, -0.15) is 0 Å². The molecule has 2 fully saturated rings. The summed E-state index contributed by atoms with van der Waals surface area (Å²) in [5, 5.41) is 0. The Morgan fingerprint density at radius 3 is 2.28 bits per heavy atom. The Bertz CT molecular complexity index is 241. The predicted molar refractivity (Wildman–Crippen MR) is 78.7 cm³/mol. The summed E-state index contributed by atoms with van der Waals surface area (Å²) in [6.45, 7) is 7.09. The molecule has 2 aliphatic rings. The molecule has 1 aliphatic carbocycles. The predicted octanol–water partition coefficient (Wildman–Crippen LogP) is 3.55. The average molecular weight is 252 g/mol. The van der Waals surface area contributed by atoms with Gasteiger partial charge in [-0.15, -0.1) is 0 Å². The van der Waals surface area contributed by atoms with Gasteiger partial charge in [-0.05, 0) is 65.0 Å². The second-order valence-corrected chi connectivity index (χ2v) is 7.09. The maximum Gasteiger partial charge on any atom is 0.0158 e. The van der Waals surface area contributed by atoms with Gasteiger partial charge in [-0.3, -0.25) is 4.90 Å². The minimum Gasteiger partial charge on any atom is -0.330 e. The van der Waals surface area contributed by atoms with Gasteiger partial charge in [0.15, 0.2) is 0 Å². The monoisotopic (exact) mass is 252 g/mol. The number of nitrogens with two attached hydrogens (primary N) is 1. The number of likely N-dealkylation sites (tertiary alicyclic amines) is 1. The largest absolute Gasteiger partial charge is 0.330 e. The van der Waals surface area contributed by atoms with Gasteiger partial charge < -0.3 is 5.73 Å². The van der Waals surface area contributed by atoms with Crippen LogP contribution in [0.25, 0.3) is 0 Å². The first kappa shape index (κ1) is 14.3. The molecule has 18 heavy (non-hydrogen) atoms. The van der Waals surface area contributed by atoms with Crippen molar-refractivity contribution in [3.63, 3.8) is 0 Å². The summed E-state index contributed by atoms with van der Waals surface area (Å²) in [7, 11) is 0. The van der Waals surface area contributed by atoms with Crippen LogP contribution < -0.4 is 5.73 Å². The Morgan fingerprint density at radius 2 is 1.72 bits per heavy atom. The summed E-state index contributed by atoms with van der Waals surface area (Å²) >= 11 is 0. The zero-order valence-corrected chi connectivity index (χ0v) is 12.5. The molecule has 0 bridgehead atoms. The third-order valence-electron chi connectivity index (χ3n) is 5.18. The van der Waals surface area contributed by atoms with Crippen LogP contribution in [0.4, 0.5) is 0 Å². The first-order valence-corrected chi connectivity index (χ1v) is 8.10. The second kappa shape index (κ2) is 6.38. The fraction of sp³-hybridized carbons (Fsp3) is 1.00. The van der Waals surface area contributed by atoms with E-state index in [9.17, 15) is 0 Å². The van der Waals surface area contributed by atoms with Crippen LogP contribution in [0.3, 0.4) is 0 Å². The topological polar surface area (TPSA) is 29.3 Å². The highest BCUT2D eigenvalue weighted by molar-refractivity contribution is 4.93. The minimum atomic E-state index is 0.396. The number of hydrogen-bond donors (Lipinski definition) is 1. The SMILES string of the molecule is CC1(C)CC(CCN)CCN1C1CCCCCC1. The Labute approximate surface area is 113 Å². The van der Waals surface area contributed by atoms with Gasteiger partial charge >= 0.3 is 0 Å². The molecule has 2 rings (SSSR count). The first-order valence-electron chi connectivity index (χ1n) is 8.10. The highest BCUT2D eigenvalue weighted by atomic mass is 15.2. The summed E-state index contributed by atoms with van der Waals surface area (Å²) in [6.07, 6.45) is 12.6. The molecule has 1 saturated carbocycles. The van der Waals surface area contributed by atoms with Crippen molar-refractivity contribution in [1.82, 2.24) is 4.90 Å². The lowest BCUT2D eigenvalue weighted by atomic mass is 9.79. The van der Waals surface area contributed by atoms with Crippen molar-refractivity contribution in [3.05, 3.63) is 0 Å². The lowest BCUT2D eigenvalue weighted by Gasteiger charge is -2.49. The van der Waals surface area contributed by atoms with E-state index >= 15 is 0 Å². The van der Waals surface area contributed by atoms with Crippen molar-refractivity contribution in [2.24, 2.45) is 11.7 Å². The van der Waals surface area contributed by atoms with Crippen LogP contribution in [0.15, 0.2) is 0 Å². The van der Waals surface area contributed by atoms with Crippen molar-refractivity contribution in [2.75, 3.05) is 13.1 Å². The fourth-order valence-corrected chi connectivity index (χ4v) is 4.28. The van der Waals surface area contributed by atoms with Gasteiger partial charge in [-0.25, -0.2) is 0 Å². The second-order valence-electron chi connectivity index (χ2n) is 7.09. The molecule has 0 radical (unpaired) electrons. The van der Waals surface area contributed by atoms with E-state index in [0.29, 0.717) is 5.54 Å². The van der Waals surface area contributed by atoms with Gasteiger partial charge in [0.2, 0.25) is 0 Å². The van der Waals surface area contributed by atoms with Crippen molar-refractivity contribution in [1.29, 1.82) is 0 Å². The Hall–Kier alpha value is -0.0800. The van der Waals surface area contributed by atoms with Crippen LogP contribution in [-0.4, -0.2) is 29.6 Å². The molecule has 106 valence electrons. The molecule has 1 aliphatic heterocycles. The molecule has 0 aromatic carbocycles. The zero-order valence-electron chi connectivity index (χ0n) is 12.5. The van der Waals surface area contributed by atoms with E-state index in [2.05, 4.69) is 18.7 Å². The molecule has 1 saturated heterocycles. The molecule has 0 aromatic rings. The van der Waals surface area contributed by atoms with Gasteiger partial charge in [0, 0.05) is 11.6 Å². The van der Waals surface area contributed by atoms with E-state index in [4.69, 9.17) is 5.73 Å². The Balaban J connectivity index is 1.95. The fourth-order valence-electron chi connectivity index (χ4n) is 4.28. The van der Waals surface area contributed by atoms with Crippen molar-refractivity contribution in [3.8, 4) is 0 Å². The third-order valence-corrected chi connectivity index (χ3v) is 5.18. The quantitative estimate of drug-likeness (QED) is 0.778. The molecule has 0 amide bonds. The number of nitrogens with zero attached hydrogens (tertiary/aromatic N) is 1. The minimum absolute atomic E-state index is 0.396. The van der Waals surface area contributed by atoms with Crippen LogP contribution >= 0.6 is 0 Å². The molecule has 1 unspecified atom stereocenters. The van der Waals surface area contributed by atoms with Crippen LogP contribution in [0, 0.1) is 5.92 Å². The molecule has 1 atom stereocenters. The summed E-state index contributed by atoms with van der Waals surface area (Å²) in [5.74, 6) is 0.868. The highest BCUT2D eigenvalue weighted by Gasteiger charge is 2.37. The van der Waals surface area contributed by atoms with Gasteiger partial charge in [0.05, 0.1) is 0 Å². The van der Waals surface area contributed by atoms with Crippen molar-refractivity contribution < 1.29 is 0 Å². The molecule has 1 heterocycles.